The summed E-state index contributed by atoms with van der Waals surface area (Å²) in [6, 6.07) is 0. The maximum Gasteiger partial charge on any atom is 0.115 e. The van der Waals surface area contributed by atoms with Gasteiger partial charge in [-0.2, -0.15) is 0 Å². The van der Waals surface area contributed by atoms with Crippen LogP contribution < -0.4 is 0 Å². The number of rotatable bonds is 1. The molecule has 0 bridgehead atoms. The highest BCUT2D eigenvalue weighted by atomic mass is 127. The van der Waals surface area contributed by atoms with Crippen molar-refractivity contribution in [3.8, 4) is 0 Å². The fourth-order valence-electron chi connectivity index (χ4n) is 0.598. The van der Waals surface area contributed by atoms with Gasteiger partial charge in [-0.05, 0) is 29.0 Å². The lowest BCUT2D eigenvalue weighted by Gasteiger charge is -1.94. The first-order valence-electron chi connectivity index (χ1n) is 2.79. The fourth-order valence-corrected chi connectivity index (χ4v) is 1.28. The summed E-state index contributed by atoms with van der Waals surface area (Å²) >= 11 is 2.24. The minimum absolute atomic E-state index is 0.987. The van der Waals surface area contributed by atoms with Crippen molar-refractivity contribution < 1.29 is 0 Å². The average Bonchev–Trinajstić information content (AvgIpc) is 1.89. The van der Waals surface area contributed by atoms with Crippen LogP contribution in [0.5, 0.6) is 0 Å². The van der Waals surface area contributed by atoms with E-state index < -0.39 is 0 Å². The molecule has 0 saturated carbocycles. The maximum atomic E-state index is 4.08. The molecule has 9 heavy (non-hydrogen) atoms. The summed E-state index contributed by atoms with van der Waals surface area (Å²) in [6.07, 6.45) is 4.40. The van der Waals surface area contributed by atoms with Gasteiger partial charge < -0.3 is 0 Å². The van der Waals surface area contributed by atoms with Crippen molar-refractivity contribution in [2.24, 2.45) is 0 Å². The molecular formula is C6H7IN2. The molecule has 0 radical (unpaired) electrons. The van der Waals surface area contributed by atoms with Gasteiger partial charge in [0.25, 0.3) is 0 Å². The number of hydrogen-bond donors (Lipinski definition) is 0. The van der Waals surface area contributed by atoms with Crippen LogP contribution in [0.3, 0.4) is 0 Å². The molecule has 0 saturated heterocycles. The molecule has 0 atom stereocenters. The van der Waals surface area contributed by atoms with Crippen molar-refractivity contribution in [1.29, 1.82) is 0 Å². The minimum atomic E-state index is 0.987. The molecule has 0 aromatic carbocycles. The van der Waals surface area contributed by atoms with Crippen molar-refractivity contribution >= 4 is 22.6 Å². The zero-order chi connectivity index (χ0) is 6.69. The quantitative estimate of drug-likeness (QED) is 0.690. The zero-order valence-corrected chi connectivity index (χ0v) is 7.29. The third-order valence-electron chi connectivity index (χ3n) is 1.08. The lowest BCUT2D eigenvalue weighted by Crippen LogP contribution is -1.90. The fraction of sp³-hybridized carbons (Fsp3) is 0.333. The average molecular weight is 234 g/mol. The van der Waals surface area contributed by atoms with E-state index in [9.17, 15) is 0 Å². The molecule has 0 spiro atoms. The van der Waals surface area contributed by atoms with E-state index >= 15 is 0 Å². The molecule has 1 heterocycles. The highest BCUT2D eigenvalue weighted by molar-refractivity contribution is 14.1. The Balaban J connectivity index is 3.01. The van der Waals surface area contributed by atoms with E-state index in [1.54, 1.807) is 6.33 Å². The van der Waals surface area contributed by atoms with Crippen molar-refractivity contribution in [3.05, 3.63) is 21.8 Å². The van der Waals surface area contributed by atoms with E-state index in [-0.39, 0.29) is 0 Å². The first kappa shape index (κ1) is 6.92. The molecule has 0 aliphatic rings. The van der Waals surface area contributed by atoms with Gasteiger partial charge in [-0.25, -0.2) is 9.97 Å². The number of hydrogen-bond acceptors (Lipinski definition) is 2. The predicted octanol–water partition coefficient (Wildman–Crippen LogP) is 1.64. The SMILES string of the molecule is CCc1ncncc1I. The van der Waals surface area contributed by atoms with Crippen LogP contribution in [0.1, 0.15) is 12.6 Å². The Morgan fingerprint density at radius 1 is 1.67 bits per heavy atom. The molecule has 0 amide bonds. The van der Waals surface area contributed by atoms with Crippen molar-refractivity contribution in [3.63, 3.8) is 0 Å². The number of aromatic nitrogens is 2. The molecule has 0 N–H and O–H groups in total. The molecule has 0 unspecified atom stereocenters. The Kier molecular flexibility index (Phi) is 2.38. The smallest absolute Gasteiger partial charge is 0.115 e. The Labute approximate surface area is 67.9 Å². The van der Waals surface area contributed by atoms with Gasteiger partial charge in [-0.1, -0.05) is 6.92 Å². The van der Waals surface area contributed by atoms with Crippen molar-refractivity contribution in [2.45, 2.75) is 13.3 Å². The van der Waals surface area contributed by atoms with Crippen LogP contribution in [0, 0.1) is 3.57 Å². The van der Waals surface area contributed by atoms with Gasteiger partial charge in [0, 0.05) is 6.20 Å². The largest absolute Gasteiger partial charge is 0.244 e. The molecule has 2 nitrogen and oxygen atoms in total. The Hall–Kier alpha value is -0.190. The van der Waals surface area contributed by atoms with Crippen molar-refractivity contribution in [2.75, 3.05) is 0 Å². The van der Waals surface area contributed by atoms with Gasteiger partial charge in [0.1, 0.15) is 6.33 Å². The van der Waals surface area contributed by atoms with Crippen LogP contribution in [-0.2, 0) is 6.42 Å². The van der Waals surface area contributed by atoms with Gasteiger partial charge in [-0.15, -0.1) is 0 Å². The minimum Gasteiger partial charge on any atom is -0.244 e. The van der Waals surface area contributed by atoms with Crippen molar-refractivity contribution in [1.82, 2.24) is 9.97 Å². The molecule has 1 aromatic heterocycles. The summed E-state index contributed by atoms with van der Waals surface area (Å²) in [4.78, 5) is 7.95. The highest BCUT2D eigenvalue weighted by Crippen LogP contribution is 2.06. The van der Waals surface area contributed by atoms with Gasteiger partial charge in [0.05, 0.1) is 9.26 Å². The third-order valence-corrected chi connectivity index (χ3v) is 1.98. The molecule has 0 aliphatic heterocycles. The van der Waals surface area contributed by atoms with E-state index in [0.717, 1.165) is 15.7 Å². The van der Waals surface area contributed by atoms with E-state index in [4.69, 9.17) is 0 Å². The van der Waals surface area contributed by atoms with E-state index in [0.29, 0.717) is 0 Å². The van der Waals surface area contributed by atoms with E-state index in [1.165, 1.54) is 0 Å². The molecule has 0 aliphatic carbocycles. The lowest BCUT2D eigenvalue weighted by atomic mass is 10.3. The van der Waals surface area contributed by atoms with E-state index in [2.05, 4.69) is 39.5 Å². The highest BCUT2D eigenvalue weighted by Gasteiger charge is 1.94. The normalized spacial score (nSPS) is 9.56. The topological polar surface area (TPSA) is 25.8 Å². The summed E-state index contributed by atoms with van der Waals surface area (Å²) in [6.45, 7) is 2.09. The Morgan fingerprint density at radius 3 is 2.89 bits per heavy atom. The number of nitrogens with zero attached hydrogens (tertiary/aromatic N) is 2. The molecule has 0 fully saturated rings. The second-order valence-electron chi connectivity index (χ2n) is 1.67. The zero-order valence-electron chi connectivity index (χ0n) is 5.13. The van der Waals surface area contributed by atoms with Gasteiger partial charge in [0.2, 0.25) is 0 Å². The van der Waals surface area contributed by atoms with Crippen LogP contribution in [0.15, 0.2) is 12.5 Å². The molecule has 48 valence electrons. The molecule has 3 heteroatoms. The molecule has 1 rings (SSSR count). The van der Waals surface area contributed by atoms with Crippen LogP contribution in [-0.4, -0.2) is 9.97 Å². The standard InChI is InChI=1S/C6H7IN2/c1-2-6-5(7)3-8-4-9-6/h3-4H,2H2,1H3. The summed E-state index contributed by atoms with van der Waals surface area (Å²) in [5.74, 6) is 0. The number of aryl methyl sites for hydroxylation is 1. The Morgan fingerprint density at radius 2 is 2.44 bits per heavy atom. The second kappa shape index (κ2) is 3.10. The maximum absolute atomic E-state index is 4.08. The van der Waals surface area contributed by atoms with Gasteiger partial charge in [-0.3, -0.25) is 0 Å². The summed E-state index contributed by atoms with van der Waals surface area (Å²) in [5.41, 5.74) is 1.13. The summed E-state index contributed by atoms with van der Waals surface area (Å²) in [7, 11) is 0. The first-order chi connectivity index (χ1) is 4.34. The lowest BCUT2D eigenvalue weighted by molar-refractivity contribution is 0.982. The number of halogens is 1. The first-order valence-corrected chi connectivity index (χ1v) is 3.87. The van der Waals surface area contributed by atoms with Gasteiger partial charge >= 0.3 is 0 Å². The van der Waals surface area contributed by atoms with Crippen LogP contribution in [0.4, 0.5) is 0 Å². The predicted molar refractivity (Wildman–Crippen MR) is 44.1 cm³/mol. The summed E-state index contributed by atoms with van der Waals surface area (Å²) in [5, 5.41) is 0. The van der Waals surface area contributed by atoms with Crippen LogP contribution in [0.25, 0.3) is 0 Å². The van der Waals surface area contributed by atoms with Gasteiger partial charge in [0.15, 0.2) is 0 Å². The second-order valence-corrected chi connectivity index (χ2v) is 2.83. The van der Waals surface area contributed by atoms with Crippen LogP contribution in [0.2, 0.25) is 0 Å². The Bertz CT molecular complexity index is 200. The molecular weight excluding hydrogens is 227 g/mol. The third kappa shape index (κ3) is 1.61. The summed E-state index contributed by atoms with van der Waals surface area (Å²) < 4.78 is 1.15. The monoisotopic (exact) mass is 234 g/mol. The van der Waals surface area contributed by atoms with Crippen LogP contribution >= 0.6 is 22.6 Å². The van der Waals surface area contributed by atoms with E-state index in [1.807, 2.05) is 6.20 Å². The molecule has 1 aromatic rings.